The van der Waals surface area contributed by atoms with Crippen molar-refractivity contribution < 1.29 is 4.11 Å². The zero-order chi connectivity index (χ0) is 8.48. The van der Waals surface area contributed by atoms with E-state index in [-0.39, 0.29) is 0 Å². The fraction of sp³-hybridized carbons (Fsp3) is 0.200. The molecule has 1 heterocycles. The Kier molecular flexibility index (Phi) is 0.541. The maximum absolute atomic E-state index is 10.8. The van der Waals surface area contributed by atoms with Gasteiger partial charge in [0.25, 0.3) is 5.56 Å². The summed E-state index contributed by atoms with van der Waals surface area (Å²) < 4.78 is 20.6. The third kappa shape index (κ3) is 0.753. The van der Waals surface area contributed by atoms with E-state index < -0.39 is 18.1 Å². The van der Waals surface area contributed by atoms with E-state index in [1.54, 1.807) is 0 Å². The van der Waals surface area contributed by atoms with E-state index in [1.165, 1.54) is 12.4 Å². The van der Waals surface area contributed by atoms with Crippen LogP contribution in [0.4, 0.5) is 0 Å². The smallest absolute Gasteiger partial charge is 0.269 e. The van der Waals surface area contributed by atoms with Crippen LogP contribution in [0.3, 0.4) is 0 Å². The minimum Gasteiger partial charge on any atom is -0.326 e. The zero-order valence-corrected chi connectivity index (χ0v) is 4.01. The average Bonchev–Trinajstić information content (AvgIpc) is 1.86. The van der Waals surface area contributed by atoms with E-state index in [0.717, 1.165) is 0 Å². The topological polar surface area (TPSA) is 45.8 Å². The minimum atomic E-state index is -2.42. The first-order chi connectivity index (χ1) is 5.02. The number of aryl methyl sites for hydroxylation is 1. The van der Waals surface area contributed by atoms with Crippen molar-refractivity contribution in [2.75, 3.05) is 0 Å². The Balaban J connectivity index is 3.26. The summed E-state index contributed by atoms with van der Waals surface area (Å²) >= 11 is 0. The Morgan fingerprint density at radius 3 is 3.38 bits per heavy atom. The standard InChI is InChI=1S/C5H6N2O/c1-4-5(8)7-3-2-6-4/h2-3H,1H3,(H,7,8)/i1D3. The van der Waals surface area contributed by atoms with Gasteiger partial charge in [0.2, 0.25) is 0 Å². The van der Waals surface area contributed by atoms with Crippen LogP contribution in [0, 0.1) is 6.85 Å². The van der Waals surface area contributed by atoms with Crippen LogP contribution in [0.1, 0.15) is 9.81 Å². The Hall–Kier alpha value is -1.12. The third-order valence-electron chi connectivity index (χ3n) is 0.708. The number of H-pyrrole nitrogens is 1. The van der Waals surface area contributed by atoms with Gasteiger partial charge in [-0.2, -0.15) is 0 Å². The largest absolute Gasteiger partial charge is 0.326 e. The summed E-state index contributed by atoms with van der Waals surface area (Å²) in [5.74, 6) is 0. The normalized spacial score (nSPS) is 16.2. The number of aromatic nitrogens is 2. The van der Waals surface area contributed by atoms with Crippen LogP contribution in [0.25, 0.3) is 0 Å². The van der Waals surface area contributed by atoms with Gasteiger partial charge in [-0.05, 0) is 6.85 Å². The molecule has 0 amide bonds. The number of nitrogens with zero attached hydrogens (tertiary/aromatic N) is 1. The lowest BCUT2D eigenvalue weighted by atomic mass is 10.5. The molecule has 0 saturated heterocycles. The fourth-order valence-electron chi connectivity index (χ4n) is 0.352. The van der Waals surface area contributed by atoms with Crippen LogP contribution in [0.5, 0.6) is 0 Å². The van der Waals surface area contributed by atoms with Crippen molar-refractivity contribution in [3.05, 3.63) is 28.4 Å². The molecule has 0 aliphatic heterocycles. The highest BCUT2D eigenvalue weighted by atomic mass is 16.1. The Morgan fingerprint density at radius 1 is 2.00 bits per heavy atom. The molecule has 3 heteroatoms. The van der Waals surface area contributed by atoms with Gasteiger partial charge in [0.05, 0.1) is 0 Å². The van der Waals surface area contributed by atoms with Gasteiger partial charge in [-0.1, -0.05) is 0 Å². The van der Waals surface area contributed by atoms with Gasteiger partial charge in [0, 0.05) is 16.5 Å². The molecule has 3 nitrogen and oxygen atoms in total. The molecule has 1 rings (SSSR count). The first-order valence-corrected chi connectivity index (χ1v) is 2.06. The molecule has 0 aliphatic rings. The van der Waals surface area contributed by atoms with E-state index in [0.29, 0.717) is 0 Å². The van der Waals surface area contributed by atoms with E-state index in [4.69, 9.17) is 4.11 Å². The number of rotatable bonds is 0. The highest BCUT2D eigenvalue weighted by Gasteiger charge is 1.85. The molecule has 0 atom stereocenters. The van der Waals surface area contributed by atoms with Crippen LogP contribution >= 0.6 is 0 Å². The van der Waals surface area contributed by atoms with Crippen LogP contribution in [-0.2, 0) is 0 Å². The first kappa shape index (κ1) is 2.44. The van der Waals surface area contributed by atoms with Crippen LogP contribution < -0.4 is 5.56 Å². The SMILES string of the molecule is [2H]C([2H])([2H])c1ncc[nH]c1=O. The molecule has 0 spiro atoms. The monoisotopic (exact) mass is 113 g/mol. The van der Waals surface area contributed by atoms with Crippen LogP contribution in [-0.4, -0.2) is 9.97 Å². The fourth-order valence-corrected chi connectivity index (χ4v) is 0.352. The molecule has 0 unspecified atom stereocenters. The molecule has 1 aromatic rings. The second kappa shape index (κ2) is 1.78. The Labute approximate surface area is 50.6 Å². The zero-order valence-electron chi connectivity index (χ0n) is 7.01. The third-order valence-corrected chi connectivity index (χ3v) is 0.708. The second-order valence-corrected chi connectivity index (χ2v) is 1.27. The van der Waals surface area contributed by atoms with Gasteiger partial charge < -0.3 is 4.98 Å². The second-order valence-electron chi connectivity index (χ2n) is 1.27. The van der Waals surface area contributed by atoms with Crippen LogP contribution in [0.15, 0.2) is 17.2 Å². The van der Waals surface area contributed by atoms with Crippen molar-refractivity contribution in [3.63, 3.8) is 0 Å². The number of aromatic amines is 1. The summed E-state index contributed by atoms with van der Waals surface area (Å²) in [5, 5.41) is 0. The van der Waals surface area contributed by atoms with Gasteiger partial charge in [-0.25, -0.2) is 0 Å². The van der Waals surface area contributed by atoms with Crippen molar-refractivity contribution in [2.24, 2.45) is 0 Å². The van der Waals surface area contributed by atoms with Gasteiger partial charge >= 0.3 is 0 Å². The van der Waals surface area contributed by atoms with E-state index in [1.807, 2.05) is 0 Å². The molecule has 0 aromatic carbocycles. The lowest BCUT2D eigenvalue weighted by Gasteiger charge is -1.83. The highest BCUT2D eigenvalue weighted by Crippen LogP contribution is 1.72. The number of hydrogen-bond acceptors (Lipinski definition) is 2. The molecule has 0 aliphatic carbocycles. The quantitative estimate of drug-likeness (QED) is 0.517. The van der Waals surface area contributed by atoms with Crippen molar-refractivity contribution in [1.29, 1.82) is 0 Å². The Bertz CT molecular complexity index is 303. The summed E-state index contributed by atoms with van der Waals surface area (Å²) in [6, 6.07) is 0. The molecule has 0 radical (unpaired) electrons. The predicted octanol–water partition coefficient (Wildman–Crippen LogP) is 0.0783. The molecule has 42 valence electrons. The molecule has 0 saturated carbocycles. The summed E-state index contributed by atoms with van der Waals surface area (Å²) in [6.07, 6.45) is 2.53. The first-order valence-electron chi connectivity index (χ1n) is 3.56. The maximum Gasteiger partial charge on any atom is 0.269 e. The molecular formula is C5H6N2O. The van der Waals surface area contributed by atoms with Crippen molar-refractivity contribution in [3.8, 4) is 0 Å². The molecule has 8 heavy (non-hydrogen) atoms. The minimum absolute atomic E-state index is 0.417. The molecular weight excluding hydrogens is 104 g/mol. The molecule has 1 N–H and O–H groups in total. The van der Waals surface area contributed by atoms with E-state index in [9.17, 15) is 4.79 Å². The van der Waals surface area contributed by atoms with E-state index in [2.05, 4.69) is 9.97 Å². The van der Waals surface area contributed by atoms with Gasteiger partial charge in [-0.3, -0.25) is 9.78 Å². The van der Waals surface area contributed by atoms with Gasteiger partial charge in [-0.15, -0.1) is 0 Å². The highest BCUT2D eigenvalue weighted by molar-refractivity contribution is 4.90. The number of hydrogen-bond donors (Lipinski definition) is 1. The van der Waals surface area contributed by atoms with E-state index >= 15 is 0 Å². The summed E-state index contributed by atoms with van der Waals surface area (Å²) in [7, 11) is 0. The van der Waals surface area contributed by atoms with Crippen molar-refractivity contribution >= 4 is 0 Å². The molecule has 0 fully saturated rings. The summed E-state index contributed by atoms with van der Waals surface area (Å²) in [5.41, 5.74) is -1.08. The lowest BCUT2D eigenvalue weighted by molar-refractivity contribution is 1.06. The van der Waals surface area contributed by atoms with Gasteiger partial charge in [0.1, 0.15) is 5.69 Å². The molecule has 0 bridgehead atoms. The van der Waals surface area contributed by atoms with Gasteiger partial charge in [0.15, 0.2) is 0 Å². The lowest BCUT2D eigenvalue weighted by Crippen LogP contribution is -2.08. The Morgan fingerprint density at radius 2 is 2.88 bits per heavy atom. The average molecular weight is 113 g/mol. The molecule has 1 aromatic heterocycles. The number of nitrogens with one attached hydrogen (secondary N) is 1. The predicted molar refractivity (Wildman–Crippen MR) is 29.6 cm³/mol. The van der Waals surface area contributed by atoms with Crippen molar-refractivity contribution in [1.82, 2.24) is 9.97 Å². The summed E-state index contributed by atoms with van der Waals surface area (Å²) in [4.78, 5) is 16.5. The van der Waals surface area contributed by atoms with Crippen molar-refractivity contribution in [2.45, 2.75) is 6.85 Å². The van der Waals surface area contributed by atoms with Crippen LogP contribution in [0.2, 0.25) is 0 Å². The maximum atomic E-state index is 10.8. The summed E-state index contributed by atoms with van der Waals surface area (Å²) in [6.45, 7) is -2.42.